The topological polar surface area (TPSA) is 42.7 Å². The molecule has 1 unspecified atom stereocenters. The van der Waals surface area contributed by atoms with Gasteiger partial charge in [-0.15, -0.1) is 0 Å². The van der Waals surface area contributed by atoms with Crippen LogP contribution < -0.4 is 5.32 Å². The summed E-state index contributed by atoms with van der Waals surface area (Å²) in [7, 11) is 0. The molecule has 0 amide bonds. The first-order valence-corrected chi connectivity index (χ1v) is 6.21. The molecule has 0 radical (unpaired) electrons. The summed E-state index contributed by atoms with van der Waals surface area (Å²) in [6.45, 7) is 2.95. The average Bonchev–Trinajstić information content (AvgIpc) is 2.82. The van der Waals surface area contributed by atoms with E-state index < -0.39 is 0 Å². The Hall–Kier alpha value is -1.91. The van der Waals surface area contributed by atoms with Crippen molar-refractivity contribution in [2.24, 2.45) is 0 Å². The second kappa shape index (κ2) is 4.40. The first-order chi connectivity index (χ1) is 8.78. The van der Waals surface area contributed by atoms with Gasteiger partial charge in [0.2, 0.25) is 5.95 Å². The highest BCUT2D eigenvalue weighted by atomic mass is 19.1. The first-order valence-electron chi connectivity index (χ1n) is 6.21. The number of hydrogen-bond acceptors (Lipinski definition) is 3. The summed E-state index contributed by atoms with van der Waals surface area (Å²) in [5.74, 6) is 0.585. The third-order valence-electron chi connectivity index (χ3n) is 3.27. The van der Waals surface area contributed by atoms with E-state index in [4.69, 9.17) is 0 Å². The predicted molar refractivity (Wildman–Crippen MR) is 67.0 cm³/mol. The molecule has 2 aromatic rings. The molecule has 1 N–H and O–H groups in total. The van der Waals surface area contributed by atoms with Crippen molar-refractivity contribution < 1.29 is 4.39 Å². The fraction of sp³-hybridized carbons (Fsp3) is 0.385. The average molecular weight is 246 g/mol. The van der Waals surface area contributed by atoms with E-state index in [1.165, 1.54) is 12.3 Å². The number of imidazole rings is 1. The molecule has 3 heterocycles. The molecule has 0 saturated heterocycles. The number of nitrogens with zero attached hydrogens (tertiary/aromatic N) is 3. The Balaban J connectivity index is 2.00. The highest BCUT2D eigenvalue weighted by Gasteiger charge is 2.23. The molecule has 4 nitrogen and oxygen atoms in total. The van der Waals surface area contributed by atoms with Gasteiger partial charge in [-0.2, -0.15) is 0 Å². The fourth-order valence-electron chi connectivity index (χ4n) is 2.32. The third-order valence-corrected chi connectivity index (χ3v) is 3.27. The van der Waals surface area contributed by atoms with Crippen molar-refractivity contribution in [3.63, 3.8) is 0 Å². The van der Waals surface area contributed by atoms with E-state index in [0.717, 1.165) is 36.7 Å². The highest BCUT2D eigenvalue weighted by molar-refractivity contribution is 5.34. The molecular formula is C13H15FN4. The Morgan fingerprint density at radius 3 is 3.11 bits per heavy atom. The van der Waals surface area contributed by atoms with Crippen molar-refractivity contribution in [3.05, 3.63) is 41.7 Å². The number of pyridine rings is 1. The summed E-state index contributed by atoms with van der Waals surface area (Å²) in [4.78, 5) is 8.70. The third kappa shape index (κ3) is 1.85. The summed E-state index contributed by atoms with van der Waals surface area (Å²) in [5.41, 5.74) is 1.95. The Labute approximate surface area is 105 Å². The number of hydrogen-bond donors (Lipinski definition) is 1. The summed E-state index contributed by atoms with van der Waals surface area (Å²) >= 11 is 0. The lowest BCUT2D eigenvalue weighted by Crippen LogP contribution is -2.24. The second-order valence-corrected chi connectivity index (χ2v) is 4.45. The minimum Gasteiger partial charge on any atom is -0.356 e. The van der Waals surface area contributed by atoms with Gasteiger partial charge in [-0.1, -0.05) is 6.92 Å². The minimum atomic E-state index is -0.298. The van der Waals surface area contributed by atoms with Crippen LogP contribution in [0.15, 0.2) is 24.5 Å². The molecule has 3 rings (SSSR count). The van der Waals surface area contributed by atoms with Gasteiger partial charge in [0.25, 0.3) is 0 Å². The molecule has 0 bridgehead atoms. The van der Waals surface area contributed by atoms with E-state index in [0.29, 0.717) is 0 Å². The van der Waals surface area contributed by atoms with Crippen LogP contribution in [0.4, 0.5) is 10.3 Å². The van der Waals surface area contributed by atoms with Crippen LogP contribution in [0.2, 0.25) is 0 Å². The lowest BCUT2D eigenvalue weighted by Gasteiger charge is -2.25. The lowest BCUT2D eigenvalue weighted by atomic mass is 10.1. The largest absolute Gasteiger partial charge is 0.356 e. The molecule has 1 aliphatic rings. The molecule has 94 valence electrons. The van der Waals surface area contributed by atoms with Crippen LogP contribution in [0.1, 0.15) is 30.8 Å². The first kappa shape index (κ1) is 11.2. The maximum Gasteiger partial charge on any atom is 0.203 e. The zero-order valence-electron chi connectivity index (χ0n) is 10.2. The number of aryl methyl sites for hydroxylation is 1. The number of halogens is 1. The molecule has 18 heavy (non-hydrogen) atoms. The molecule has 1 atom stereocenters. The Kier molecular flexibility index (Phi) is 2.74. The molecule has 0 spiro atoms. The van der Waals surface area contributed by atoms with Crippen LogP contribution in [0.5, 0.6) is 0 Å². The SMILES string of the molecule is CCc1cn2c(n1)NCCC2c1ccc(F)cn1. The van der Waals surface area contributed by atoms with Crippen molar-refractivity contribution >= 4 is 5.95 Å². The molecule has 5 heteroatoms. The molecule has 0 aliphatic carbocycles. The quantitative estimate of drug-likeness (QED) is 0.884. The maximum atomic E-state index is 12.9. The maximum absolute atomic E-state index is 12.9. The second-order valence-electron chi connectivity index (χ2n) is 4.45. The van der Waals surface area contributed by atoms with E-state index in [1.807, 2.05) is 0 Å². The van der Waals surface area contributed by atoms with Gasteiger partial charge in [-0.05, 0) is 25.0 Å². The van der Waals surface area contributed by atoms with Crippen molar-refractivity contribution in [1.29, 1.82) is 0 Å². The Morgan fingerprint density at radius 1 is 1.50 bits per heavy atom. The van der Waals surface area contributed by atoms with E-state index in [1.54, 1.807) is 6.07 Å². The summed E-state index contributed by atoms with van der Waals surface area (Å²) < 4.78 is 15.0. The normalized spacial score (nSPS) is 18.2. The van der Waals surface area contributed by atoms with E-state index >= 15 is 0 Å². The van der Waals surface area contributed by atoms with E-state index in [-0.39, 0.29) is 11.9 Å². The lowest BCUT2D eigenvalue weighted by molar-refractivity contribution is 0.514. The number of fused-ring (bicyclic) bond motifs is 1. The van der Waals surface area contributed by atoms with Crippen molar-refractivity contribution in [2.45, 2.75) is 25.8 Å². The zero-order valence-corrected chi connectivity index (χ0v) is 10.2. The van der Waals surface area contributed by atoms with Crippen molar-refractivity contribution in [2.75, 3.05) is 11.9 Å². The number of aromatic nitrogens is 3. The van der Waals surface area contributed by atoms with Crippen LogP contribution >= 0.6 is 0 Å². The van der Waals surface area contributed by atoms with Gasteiger partial charge in [0.15, 0.2) is 0 Å². The van der Waals surface area contributed by atoms with Gasteiger partial charge in [-0.25, -0.2) is 9.37 Å². The van der Waals surface area contributed by atoms with Gasteiger partial charge in [-0.3, -0.25) is 4.98 Å². The van der Waals surface area contributed by atoms with Crippen molar-refractivity contribution in [1.82, 2.24) is 14.5 Å². The Bertz CT molecular complexity index is 547. The predicted octanol–water partition coefficient (Wildman–Crippen LogP) is 2.38. The standard InChI is InChI=1S/C13H15FN4/c1-2-10-8-18-12(5-6-15-13(18)17-10)11-4-3-9(14)7-16-11/h3-4,7-8,12H,2,5-6H2,1H3,(H,15,17). The Morgan fingerprint density at radius 2 is 2.39 bits per heavy atom. The molecule has 2 aromatic heterocycles. The van der Waals surface area contributed by atoms with Gasteiger partial charge in [0.1, 0.15) is 5.82 Å². The van der Waals surface area contributed by atoms with E-state index in [9.17, 15) is 4.39 Å². The van der Waals surface area contributed by atoms with Crippen LogP contribution in [0, 0.1) is 5.82 Å². The van der Waals surface area contributed by atoms with Crippen LogP contribution in [0.3, 0.4) is 0 Å². The molecule has 0 saturated carbocycles. The van der Waals surface area contributed by atoms with E-state index in [2.05, 4.69) is 33.0 Å². The van der Waals surface area contributed by atoms with Crippen LogP contribution in [0.25, 0.3) is 0 Å². The van der Waals surface area contributed by atoms with Gasteiger partial charge < -0.3 is 9.88 Å². The van der Waals surface area contributed by atoms with Gasteiger partial charge in [0.05, 0.1) is 23.6 Å². The van der Waals surface area contributed by atoms with Gasteiger partial charge in [0, 0.05) is 12.7 Å². The van der Waals surface area contributed by atoms with Crippen molar-refractivity contribution in [3.8, 4) is 0 Å². The molecular weight excluding hydrogens is 231 g/mol. The van der Waals surface area contributed by atoms with Crippen LogP contribution in [-0.2, 0) is 6.42 Å². The zero-order chi connectivity index (χ0) is 12.5. The molecule has 1 aliphatic heterocycles. The number of anilines is 1. The number of rotatable bonds is 2. The highest BCUT2D eigenvalue weighted by Crippen LogP contribution is 2.28. The smallest absolute Gasteiger partial charge is 0.203 e. The summed E-state index contributed by atoms with van der Waals surface area (Å²) in [6, 6.07) is 3.36. The van der Waals surface area contributed by atoms with Gasteiger partial charge >= 0.3 is 0 Å². The molecule has 0 fully saturated rings. The minimum absolute atomic E-state index is 0.148. The molecule has 0 aromatic carbocycles. The monoisotopic (exact) mass is 246 g/mol. The summed E-state index contributed by atoms with van der Waals surface area (Å²) in [6.07, 6.45) is 5.17. The fourth-order valence-corrected chi connectivity index (χ4v) is 2.32. The number of nitrogens with one attached hydrogen (secondary N) is 1. The summed E-state index contributed by atoms with van der Waals surface area (Å²) in [5, 5.41) is 3.28. The van der Waals surface area contributed by atoms with Crippen LogP contribution in [-0.4, -0.2) is 21.1 Å².